The molecule has 1 aromatic rings. The summed E-state index contributed by atoms with van der Waals surface area (Å²) >= 11 is 0. The van der Waals surface area contributed by atoms with Crippen LogP contribution in [0.25, 0.3) is 0 Å². The van der Waals surface area contributed by atoms with Crippen molar-refractivity contribution in [3.05, 3.63) is 18.2 Å². The fraction of sp³-hybridized carbons (Fsp3) is 0.769. The van der Waals surface area contributed by atoms with Crippen molar-refractivity contribution in [1.29, 1.82) is 0 Å². The van der Waals surface area contributed by atoms with Crippen molar-refractivity contribution >= 4 is 0 Å². The predicted octanol–water partition coefficient (Wildman–Crippen LogP) is 2.50. The molecule has 0 spiro atoms. The molecular formula is C13H23N3. The smallest absolute Gasteiger partial charge is 0.0953 e. The highest BCUT2D eigenvalue weighted by Gasteiger charge is 2.30. The molecular weight excluding hydrogens is 198 g/mol. The Morgan fingerprint density at radius 1 is 1.50 bits per heavy atom. The highest BCUT2D eigenvalue weighted by molar-refractivity contribution is 5.09. The van der Waals surface area contributed by atoms with Crippen molar-refractivity contribution in [2.24, 2.45) is 0 Å². The summed E-state index contributed by atoms with van der Waals surface area (Å²) in [6.07, 6.45) is 7.65. The number of hydrogen-bond donors (Lipinski definition) is 1. The van der Waals surface area contributed by atoms with Crippen molar-refractivity contribution in [1.82, 2.24) is 14.9 Å². The van der Waals surface area contributed by atoms with Gasteiger partial charge in [0.25, 0.3) is 0 Å². The number of piperidine rings is 1. The maximum atomic E-state index is 4.35. The topological polar surface area (TPSA) is 29.9 Å². The molecule has 1 aliphatic heterocycles. The van der Waals surface area contributed by atoms with Crippen molar-refractivity contribution in [3.8, 4) is 0 Å². The Morgan fingerprint density at radius 3 is 2.81 bits per heavy atom. The van der Waals surface area contributed by atoms with Crippen LogP contribution in [0, 0.1) is 0 Å². The van der Waals surface area contributed by atoms with Gasteiger partial charge in [0, 0.05) is 17.4 Å². The maximum Gasteiger partial charge on any atom is 0.0953 e. The lowest BCUT2D eigenvalue weighted by molar-refractivity contribution is 0.223. The van der Waals surface area contributed by atoms with Crippen molar-refractivity contribution in [2.75, 3.05) is 13.1 Å². The highest BCUT2D eigenvalue weighted by atomic mass is 15.1. The normalized spacial score (nSPS) is 21.9. The summed E-state index contributed by atoms with van der Waals surface area (Å²) in [6.45, 7) is 9.13. The van der Waals surface area contributed by atoms with Gasteiger partial charge >= 0.3 is 0 Å². The third kappa shape index (κ3) is 2.01. The minimum absolute atomic E-state index is 0.264. The number of nitrogens with one attached hydrogen (secondary N) is 1. The second kappa shape index (κ2) is 4.58. The van der Waals surface area contributed by atoms with Gasteiger partial charge in [0.15, 0.2) is 0 Å². The average Bonchev–Trinajstić information content (AvgIpc) is 2.78. The summed E-state index contributed by atoms with van der Waals surface area (Å²) in [7, 11) is 0. The monoisotopic (exact) mass is 221 g/mol. The van der Waals surface area contributed by atoms with Gasteiger partial charge in [-0.1, -0.05) is 13.8 Å². The predicted molar refractivity (Wildman–Crippen MR) is 66.7 cm³/mol. The number of nitrogens with zero attached hydrogens (tertiary/aromatic N) is 2. The van der Waals surface area contributed by atoms with Gasteiger partial charge in [-0.15, -0.1) is 0 Å². The lowest BCUT2D eigenvalue weighted by Crippen LogP contribution is -2.42. The van der Waals surface area contributed by atoms with Crippen LogP contribution in [0.4, 0.5) is 0 Å². The molecule has 16 heavy (non-hydrogen) atoms. The Hall–Kier alpha value is -0.830. The summed E-state index contributed by atoms with van der Waals surface area (Å²) in [5.74, 6) is 0.606. The fourth-order valence-electron chi connectivity index (χ4n) is 2.54. The Morgan fingerprint density at radius 2 is 2.19 bits per heavy atom. The summed E-state index contributed by atoms with van der Waals surface area (Å²) in [6, 6.07) is 0. The molecule has 1 N–H and O–H groups in total. The van der Waals surface area contributed by atoms with E-state index in [-0.39, 0.29) is 5.54 Å². The van der Waals surface area contributed by atoms with Gasteiger partial charge < -0.3 is 9.88 Å². The third-order valence-electron chi connectivity index (χ3n) is 4.05. The van der Waals surface area contributed by atoms with E-state index in [4.69, 9.17) is 0 Å². The molecule has 0 aliphatic carbocycles. The molecule has 0 amide bonds. The summed E-state index contributed by atoms with van der Waals surface area (Å²) in [5, 5.41) is 3.43. The molecule has 3 heteroatoms. The lowest BCUT2D eigenvalue weighted by atomic mass is 9.89. The molecule has 0 radical (unpaired) electrons. The van der Waals surface area contributed by atoms with E-state index in [9.17, 15) is 0 Å². The van der Waals surface area contributed by atoms with Crippen LogP contribution in [0.3, 0.4) is 0 Å². The molecule has 1 atom stereocenters. The molecule has 1 saturated heterocycles. The van der Waals surface area contributed by atoms with E-state index < -0.39 is 0 Å². The van der Waals surface area contributed by atoms with E-state index >= 15 is 0 Å². The maximum absolute atomic E-state index is 4.35. The molecule has 1 aliphatic rings. The minimum Gasteiger partial charge on any atom is -0.328 e. The third-order valence-corrected chi connectivity index (χ3v) is 4.05. The molecule has 1 aromatic heterocycles. The van der Waals surface area contributed by atoms with Gasteiger partial charge in [0.05, 0.1) is 6.33 Å². The van der Waals surface area contributed by atoms with Crippen LogP contribution in [0.15, 0.2) is 12.5 Å². The minimum atomic E-state index is 0.264. The molecule has 1 unspecified atom stereocenters. The van der Waals surface area contributed by atoms with E-state index in [1.807, 2.05) is 12.5 Å². The Balaban J connectivity index is 2.28. The molecule has 0 aromatic carbocycles. The van der Waals surface area contributed by atoms with Crippen LogP contribution >= 0.6 is 0 Å². The average molecular weight is 221 g/mol. The van der Waals surface area contributed by atoms with Crippen LogP contribution < -0.4 is 5.32 Å². The highest BCUT2D eigenvalue weighted by Crippen LogP contribution is 2.31. The first kappa shape index (κ1) is 11.6. The van der Waals surface area contributed by atoms with Gasteiger partial charge in [0.2, 0.25) is 0 Å². The van der Waals surface area contributed by atoms with Crippen molar-refractivity contribution in [3.63, 3.8) is 0 Å². The zero-order valence-electron chi connectivity index (χ0n) is 10.7. The summed E-state index contributed by atoms with van der Waals surface area (Å²) in [5.41, 5.74) is 1.66. The molecule has 90 valence electrons. The first-order chi connectivity index (χ1) is 7.67. The molecule has 0 saturated carbocycles. The first-order valence-electron chi connectivity index (χ1n) is 6.41. The van der Waals surface area contributed by atoms with E-state index in [1.54, 1.807) is 0 Å². The van der Waals surface area contributed by atoms with E-state index in [0.717, 1.165) is 13.1 Å². The van der Waals surface area contributed by atoms with Crippen LogP contribution in [0.1, 0.15) is 51.6 Å². The van der Waals surface area contributed by atoms with Crippen LogP contribution in [-0.2, 0) is 5.54 Å². The fourth-order valence-corrected chi connectivity index (χ4v) is 2.54. The standard InChI is InChI=1S/C13H23N3/c1-4-11(2)12-9-15-10-16(12)13(3)5-7-14-8-6-13/h9-11,14H,4-8H2,1-3H3. The molecule has 1 fully saturated rings. The first-order valence-corrected chi connectivity index (χ1v) is 6.41. The Kier molecular flexibility index (Phi) is 3.33. The molecule has 0 bridgehead atoms. The molecule has 2 rings (SSSR count). The Bertz CT molecular complexity index is 337. The number of rotatable bonds is 3. The summed E-state index contributed by atoms with van der Waals surface area (Å²) < 4.78 is 2.42. The van der Waals surface area contributed by atoms with Crippen LogP contribution in [0.2, 0.25) is 0 Å². The van der Waals surface area contributed by atoms with E-state index in [1.165, 1.54) is 25.0 Å². The second-order valence-electron chi connectivity index (χ2n) is 5.24. The van der Waals surface area contributed by atoms with Gasteiger partial charge in [0.1, 0.15) is 0 Å². The quantitative estimate of drug-likeness (QED) is 0.850. The van der Waals surface area contributed by atoms with Gasteiger partial charge in [-0.2, -0.15) is 0 Å². The van der Waals surface area contributed by atoms with Gasteiger partial charge in [-0.3, -0.25) is 0 Å². The van der Waals surface area contributed by atoms with Gasteiger partial charge in [-0.25, -0.2) is 4.98 Å². The van der Waals surface area contributed by atoms with Crippen LogP contribution in [-0.4, -0.2) is 22.6 Å². The van der Waals surface area contributed by atoms with E-state index in [0.29, 0.717) is 5.92 Å². The Labute approximate surface area is 98.3 Å². The lowest BCUT2D eigenvalue weighted by Gasteiger charge is -2.37. The number of hydrogen-bond acceptors (Lipinski definition) is 2. The number of aromatic nitrogens is 2. The van der Waals surface area contributed by atoms with Crippen LogP contribution in [0.5, 0.6) is 0 Å². The van der Waals surface area contributed by atoms with Gasteiger partial charge in [-0.05, 0) is 45.2 Å². The second-order valence-corrected chi connectivity index (χ2v) is 5.24. The SMILES string of the molecule is CCC(C)c1cncn1C1(C)CCNCC1. The van der Waals surface area contributed by atoms with E-state index in [2.05, 4.69) is 35.6 Å². The molecule has 2 heterocycles. The largest absolute Gasteiger partial charge is 0.328 e. The molecule has 3 nitrogen and oxygen atoms in total. The summed E-state index contributed by atoms with van der Waals surface area (Å²) in [4.78, 5) is 4.35. The zero-order chi connectivity index (χ0) is 11.6. The number of imidazole rings is 1. The zero-order valence-corrected chi connectivity index (χ0v) is 10.7. The van der Waals surface area contributed by atoms with Crippen molar-refractivity contribution < 1.29 is 0 Å². The van der Waals surface area contributed by atoms with Crippen molar-refractivity contribution in [2.45, 2.75) is 51.5 Å².